The number of fused-ring (bicyclic) bond motifs is 1. The van der Waals surface area contributed by atoms with E-state index in [1.54, 1.807) is 29.0 Å². The maximum atomic E-state index is 12.3. The second kappa shape index (κ2) is 5.42. The molecule has 0 unspecified atom stereocenters. The monoisotopic (exact) mass is 364 g/mol. The molecular weight excluding hydrogens is 356 g/mol. The molecular formula is C14H9BrN2O3S. The van der Waals surface area contributed by atoms with E-state index in [-0.39, 0.29) is 18.0 Å². The minimum absolute atomic E-state index is 0.0270. The predicted molar refractivity (Wildman–Crippen MR) is 84.9 cm³/mol. The Labute approximate surface area is 132 Å². The molecule has 0 atom stereocenters. The first kappa shape index (κ1) is 14.0. The van der Waals surface area contributed by atoms with Crippen LogP contribution in [0.15, 0.2) is 46.4 Å². The van der Waals surface area contributed by atoms with Crippen LogP contribution in [0.2, 0.25) is 0 Å². The zero-order valence-electron chi connectivity index (χ0n) is 10.7. The quantitative estimate of drug-likeness (QED) is 0.394. The fraction of sp³-hybridized carbons (Fsp3) is 0.0714. The van der Waals surface area contributed by atoms with E-state index in [4.69, 9.17) is 0 Å². The second-order valence-corrected chi connectivity index (χ2v) is 6.20. The summed E-state index contributed by atoms with van der Waals surface area (Å²) in [5.74, 6) is -0.0270. The average molecular weight is 365 g/mol. The van der Waals surface area contributed by atoms with Gasteiger partial charge in [0.25, 0.3) is 5.69 Å². The zero-order chi connectivity index (χ0) is 15.0. The molecule has 0 saturated heterocycles. The second-order valence-electron chi connectivity index (χ2n) is 4.43. The molecule has 0 radical (unpaired) electrons. The van der Waals surface area contributed by atoms with E-state index in [0.29, 0.717) is 15.8 Å². The number of nitro benzene ring substituents is 1. The molecule has 5 nitrogen and oxygen atoms in total. The third-order valence-corrected chi connectivity index (χ3v) is 5.05. The number of rotatable bonds is 4. The molecule has 0 aliphatic carbocycles. The maximum absolute atomic E-state index is 12.3. The highest BCUT2D eigenvalue weighted by Crippen LogP contribution is 2.28. The van der Waals surface area contributed by atoms with E-state index >= 15 is 0 Å². The third kappa shape index (κ3) is 2.50. The summed E-state index contributed by atoms with van der Waals surface area (Å²) >= 11 is 4.72. The van der Waals surface area contributed by atoms with Gasteiger partial charge in [-0.2, -0.15) is 0 Å². The summed E-state index contributed by atoms with van der Waals surface area (Å²) in [6.45, 7) is 0.157. The summed E-state index contributed by atoms with van der Waals surface area (Å²) in [4.78, 5) is 23.5. The maximum Gasteiger partial charge on any atom is 0.278 e. The Hall–Kier alpha value is -1.99. The number of Topliss-reactive ketones (excluding diaryl/α,β-unsaturated/α-hetero) is 1. The fourth-order valence-electron chi connectivity index (χ4n) is 2.22. The normalized spacial score (nSPS) is 10.9. The number of hydrogen-bond donors (Lipinski definition) is 0. The zero-order valence-corrected chi connectivity index (χ0v) is 13.1. The molecule has 2 aromatic heterocycles. The van der Waals surface area contributed by atoms with Crippen molar-refractivity contribution >= 4 is 49.6 Å². The molecule has 21 heavy (non-hydrogen) atoms. The van der Waals surface area contributed by atoms with Gasteiger partial charge in [-0.15, -0.1) is 11.3 Å². The number of ketones is 1. The Bertz CT molecular complexity index is 853. The number of nitrogens with zero attached hydrogens (tertiary/aromatic N) is 2. The number of hydrogen-bond acceptors (Lipinski definition) is 4. The van der Waals surface area contributed by atoms with Gasteiger partial charge in [0.2, 0.25) is 0 Å². The van der Waals surface area contributed by atoms with Gasteiger partial charge in [-0.3, -0.25) is 14.9 Å². The molecule has 0 fully saturated rings. The first-order chi connectivity index (χ1) is 10.1. The van der Waals surface area contributed by atoms with Gasteiger partial charge < -0.3 is 4.57 Å². The van der Waals surface area contributed by atoms with E-state index < -0.39 is 4.92 Å². The number of non-ortho nitro benzene ring substituents is 1. The van der Waals surface area contributed by atoms with Crippen molar-refractivity contribution in [2.24, 2.45) is 0 Å². The number of carbonyl (C=O) groups is 1. The van der Waals surface area contributed by atoms with Crippen LogP contribution in [0.25, 0.3) is 10.9 Å². The van der Waals surface area contributed by atoms with Gasteiger partial charge in [0.1, 0.15) is 0 Å². The topological polar surface area (TPSA) is 65.1 Å². The van der Waals surface area contributed by atoms with Crippen molar-refractivity contribution < 1.29 is 9.72 Å². The van der Waals surface area contributed by atoms with Crippen LogP contribution in [0.3, 0.4) is 0 Å². The lowest BCUT2D eigenvalue weighted by Crippen LogP contribution is -2.08. The molecule has 0 amide bonds. The molecule has 106 valence electrons. The van der Waals surface area contributed by atoms with Crippen LogP contribution in [0, 0.1) is 10.1 Å². The summed E-state index contributed by atoms with van der Waals surface area (Å²) in [5.41, 5.74) is 0.737. The van der Waals surface area contributed by atoms with Gasteiger partial charge in [0.05, 0.1) is 27.2 Å². The van der Waals surface area contributed by atoms with Gasteiger partial charge in [0, 0.05) is 16.7 Å². The first-order valence-corrected chi connectivity index (χ1v) is 7.73. The lowest BCUT2D eigenvalue weighted by molar-refractivity contribution is -0.383. The number of benzene rings is 1. The largest absolute Gasteiger partial charge is 0.339 e. The molecule has 1 aromatic carbocycles. The first-order valence-electron chi connectivity index (χ1n) is 6.06. The number of thiophene rings is 1. The molecule has 3 rings (SSSR count). The molecule has 0 N–H and O–H groups in total. The van der Waals surface area contributed by atoms with Gasteiger partial charge >= 0.3 is 0 Å². The Morgan fingerprint density at radius 1 is 1.33 bits per heavy atom. The van der Waals surface area contributed by atoms with E-state index in [9.17, 15) is 14.9 Å². The van der Waals surface area contributed by atoms with Crippen LogP contribution in [0.1, 0.15) is 9.67 Å². The fourth-order valence-corrected chi connectivity index (χ4v) is 3.75. The molecule has 2 heterocycles. The molecule has 0 spiro atoms. The minimum atomic E-state index is -0.412. The highest BCUT2D eigenvalue weighted by molar-refractivity contribution is 9.10. The van der Waals surface area contributed by atoms with Crippen molar-refractivity contribution in [3.63, 3.8) is 0 Å². The highest BCUT2D eigenvalue weighted by atomic mass is 79.9. The molecule has 0 saturated carbocycles. The predicted octanol–water partition coefficient (Wildman–Crippen LogP) is 4.26. The Morgan fingerprint density at radius 3 is 2.81 bits per heavy atom. The Balaban J connectivity index is 1.99. The van der Waals surface area contributed by atoms with Crippen LogP contribution in [0.5, 0.6) is 0 Å². The number of nitro groups is 1. The Kier molecular flexibility index (Phi) is 3.60. The van der Waals surface area contributed by atoms with Crippen molar-refractivity contribution in [2.45, 2.75) is 6.54 Å². The van der Waals surface area contributed by atoms with Crippen molar-refractivity contribution in [3.05, 3.63) is 61.4 Å². The number of halogens is 1. The van der Waals surface area contributed by atoms with Crippen molar-refractivity contribution in [1.82, 2.24) is 4.57 Å². The summed E-state index contributed by atoms with van der Waals surface area (Å²) < 4.78 is 2.51. The molecule has 7 heteroatoms. The van der Waals surface area contributed by atoms with E-state index in [0.717, 1.165) is 4.47 Å². The van der Waals surface area contributed by atoms with E-state index in [2.05, 4.69) is 15.9 Å². The molecule has 0 bridgehead atoms. The van der Waals surface area contributed by atoms with E-state index in [1.165, 1.54) is 17.4 Å². The average Bonchev–Trinajstić information content (AvgIpc) is 3.05. The number of carbonyl (C=O) groups excluding carboxylic acids is 1. The van der Waals surface area contributed by atoms with Gasteiger partial charge in [-0.25, -0.2) is 0 Å². The van der Waals surface area contributed by atoms with Gasteiger partial charge in [-0.05, 0) is 39.5 Å². The van der Waals surface area contributed by atoms with Crippen LogP contribution in [-0.2, 0) is 6.54 Å². The van der Waals surface area contributed by atoms with Crippen LogP contribution in [0.4, 0.5) is 5.69 Å². The van der Waals surface area contributed by atoms with Gasteiger partial charge in [0.15, 0.2) is 5.78 Å². The molecule has 3 aromatic rings. The SMILES string of the molecule is O=C(Cn1ccc2c([N+](=O)[O-])cccc21)c1sccc1Br. The van der Waals surface area contributed by atoms with Crippen molar-refractivity contribution in [1.29, 1.82) is 0 Å². The molecule has 0 aliphatic rings. The summed E-state index contributed by atoms with van der Waals surface area (Å²) in [5, 5.41) is 13.4. The smallest absolute Gasteiger partial charge is 0.278 e. The van der Waals surface area contributed by atoms with Crippen molar-refractivity contribution in [3.8, 4) is 0 Å². The summed E-state index contributed by atoms with van der Waals surface area (Å²) in [7, 11) is 0. The van der Waals surface area contributed by atoms with Crippen LogP contribution >= 0.6 is 27.3 Å². The summed E-state index contributed by atoms with van der Waals surface area (Å²) in [6, 6.07) is 8.37. The standard InChI is InChI=1S/C14H9BrN2O3S/c15-10-5-7-21-14(10)13(18)8-16-6-4-9-11(16)2-1-3-12(9)17(19)20/h1-7H,8H2. The Morgan fingerprint density at radius 2 is 2.14 bits per heavy atom. The van der Waals surface area contributed by atoms with Gasteiger partial charge in [-0.1, -0.05) is 6.07 Å². The lowest BCUT2D eigenvalue weighted by atomic mass is 10.2. The third-order valence-electron chi connectivity index (χ3n) is 3.17. The van der Waals surface area contributed by atoms with Crippen molar-refractivity contribution in [2.75, 3.05) is 0 Å². The highest BCUT2D eigenvalue weighted by Gasteiger charge is 2.17. The molecule has 0 aliphatic heterocycles. The lowest BCUT2D eigenvalue weighted by Gasteiger charge is -2.04. The number of aromatic nitrogens is 1. The minimum Gasteiger partial charge on any atom is -0.339 e. The van der Waals surface area contributed by atoms with Crippen LogP contribution < -0.4 is 0 Å². The van der Waals surface area contributed by atoms with E-state index in [1.807, 2.05) is 11.4 Å². The summed E-state index contributed by atoms with van der Waals surface area (Å²) in [6.07, 6.45) is 1.71. The van der Waals surface area contributed by atoms with Crippen LogP contribution in [-0.4, -0.2) is 15.3 Å².